The van der Waals surface area contributed by atoms with Gasteiger partial charge in [0.25, 0.3) is 5.91 Å². The van der Waals surface area contributed by atoms with Crippen LogP contribution in [0.5, 0.6) is 0 Å². The SMILES string of the molecule is Cc1cccc(N(C(=O)Cc2cccs2)[C@H](C(=O)NCc2ccco2)c2ccc(C)o2)c1. The van der Waals surface area contributed by atoms with Crippen molar-refractivity contribution in [3.8, 4) is 0 Å². The smallest absolute Gasteiger partial charge is 0.251 e. The molecule has 0 spiro atoms. The Bertz CT molecular complexity index is 1180. The van der Waals surface area contributed by atoms with Crippen molar-refractivity contribution in [3.05, 3.63) is 100 Å². The third kappa shape index (κ3) is 5.00. The number of thiophene rings is 1. The second-order valence-corrected chi connectivity index (χ2v) is 8.54. The van der Waals surface area contributed by atoms with Crippen molar-refractivity contribution in [3.63, 3.8) is 0 Å². The van der Waals surface area contributed by atoms with Gasteiger partial charge in [-0.3, -0.25) is 14.5 Å². The van der Waals surface area contributed by atoms with E-state index in [0.29, 0.717) is 23.0 Å². The Balaban J connectivity index is 1.72. The van der Waals surface area contributed by atoms with Crippen LogP contribution in [-0.2, 0) is 22.6 Å². The highest BCUT2D eigenvalue weighted by Gasteiger charge is 2.35. The fraction of sp³-hybridized carbons (Fsp3) is 0.200. The summed E-state index contributed by atoms with van der Waals surface area (Å²) in [6, 6.07) is 17.5. The predicted molar refractivity (Wildman–Crippen MR) is 123 cm³/mol. The lowest BCUT2D eigenvalue weighted by atomic mass is 10.1. The normalized spacial score (nSPS) is 11.8. The van der Waals surface area contributed by atoms with Gasteiger partial charge in [-0.25, -0.2) is 0 Å². The maximum atomic E-state index is 13.6. The molecule has 4 aromatic rings. The van der Waals surface area contributed by atoms with Crippen molar-refractivity contribution in [1.82, 2.24) is 5.32 Å². The number of carbonyl (C=O) groups is 2. The Labute approximate surface area is 190 Å². The summed E-state index contributed by atoms with van der Waals surface area (Å²) >= 11 is 1.51. The highest BCUT2D eigenvalue weighted by molar-refractivity contribution is 7.10. The summed E-state index contributed by atoms with van der Waals surface area (Å²) in [7, 11) is 0. The van der Waals surface area contributed by atoms with Crippen LogP contribution < -0.4 is 10.2 Å². The topological polar surface area (TPSA) is 75.7 Å². The van der Waals surface area contributed by atoms with E-state index in [1.165, 1.54) is 16.2 Å². The quantitative estimate of drug-likeness (QED) is 0.403. The summed E-state index contributed by atoms with van der Waals surface area (Å²) in [4.78, 5) is 29.5. The minimum Gasteiger partial charge on any atom is -0.467 e. The monoisotopic (exact) mass is 448 g/mol. The average molecular weight is 449 g/mol. The zero-order valence-electron chi connectivity index (χ0n) is 17.9. The highest BCUT2D eigenvalue weighted by Crippen LogP contribution is 2.31. The molecule has 0 unspecified atom stereocenters. The molecule has 0 fully saturated rings. The molecule has 3 aromatic heterocycles. The maximum Gasteiger partial charge on any atom is 0.251 e. The van der Waals surface area contributed by atoms with E-state index in [2.05, 4.69) is 5.32 Å². The second kappa shape index (κ2) is 9.70. The average Bonchev–Trinajstić information content (AvgIpc) is 3.53. The molecule has 0 bridgehead atoms. The molecule has 0 saturated carbocycles. The Hall–Kier alpha value is -3.58. The first kappa shape index (κ1) is 21.6. The molecule has 4 rings (SSSR count). The number of aryl methyl sites for hydroxylation is 2. The van der Waals surface area contributed by atoms with Crippen LogP contribution in [-0.4, -0.2) is 11.8 Å². The Kier molecular flexibility index (Phi) is 6.56. The van der Waals surface area contributed by atoms with Crippen molar-refractivity contribution in [1.29, 1.82) is 0 Å². The molecular weight excluding hydrogens is 424 g/mol. The standard InChI is InChI=1S/C25H24N2O4S/c1-17-6-3-7-19(14-17)27(23(28)15-21-9-5-13-32-21)24(22-11-10-18(2)31-22)25(29)26-16-20-8-4-12-30-20/h3-14,24H,15-16H2,1-2H3,(H,26,29)/t24-/m0/s1. The van der Waals surface area contributed by atoms with Crippen LogP contribution in [0.3, 0.4) is 0 Å². The summed E-state index contributed by atoms with van der Waals surface area (Å²) in [5, 5.41) is 4.82. The van der Waals surface area contributed by atoms with Crippen LogP contribution in [0.25, 0.3) is 0 Å². The maximum absolute atomic E-state index is 13.6. The van der Waals surface area contributed by atoms with Gasteiger partial charge in [0.05, 0.1) is 19.2 Å². The Morgan fingerprint density at radius 2 is 1.94 bits per heavy atom. The van der Waals surface area contributed by atoms with Crippen molar-refractivity contribution in [2.75, 3.05) is 4.90 Å². The first-order valence-electron chi connectivity index (χ1n) is 10.3. The van der Waals surface area contributed by atoms with Gasteiger partial charge in [0.2, 0.25) is 5.91 Å². The third-order valence-corrected chi connectivity index (χ3v) is 5.88. The molecule has 0 saturated heterocycles. The molecule has 2 amide bonds. The van der Waals surface area contributed by atoms with E-state index in [4.69, 9.17) is 8.83 Å². The number of rotatable bonds is 8. The number of amides is 2. The zero-order chi connectivity index (χ0) is 22.5. The molecule has 1 atom stereocenters. The molecule has 6 nitrogen and oxygen atoms in total. The minimum atomic E-state index is -0.965. The van der Waals surface area contributed by atoms with E-state index < -0.39 is 6.04 Å². The number of furan rings is 2. The van der Waals surface area contributed by atoms with Gasteiger partial charge >= 0.3 is 0 Å². The number of nitrogens with one attached hydrogen (secondary N) is 1. The predicted octanol–water partition coefficient (Wildman–Crippen LogP) is 5.18. The summed E-state index contributed by atoms with van der Waals surface area (Å²) in [5.74, 6) is 1.15. The molecule has 0 aliphatic carbocycles. The van der Waals surface area contributed by atoms with Crippen molar-refractivity contribution in [2.24, 2.45) is 0 Å². The largest absolute Gasteiger partial charge is 0.467 e. The van der Waals surface area contributed by atoms with Gasteiger partial charge < -0.3 is 14.2 Å². The summed E-state index contributed by atoms with van der Waals surface area (Å²) in [6.07, 6.45) is 1.74. The van der Waals surface area contributed by atoms with Crippen molar-refractivity contribution < 1.29 is 18.4 Å². The first-order chi connectivity index (χ1) is 15.5. The molecule has 0 aliphatic rings. The van der Waals surface area contributed by atoms with Gasteiger partial charge in [-0.15, -0.1) is 11.3 Å². The number of nitrogens with zero attached hydrogens (tertiary/aromatic N) is 1. The van der Waals surface area contributed by atoms with E-state index >= 15 is 0 Å². The fourth-order valence-electron chi connectivity index (χ4n) is 3.52. The van der Waals surface area contributed by atoms with E-state index in [-0.39, 0.29) is 24.8 Å². The zero-order valence-corrected chi connectivity index (χ0v) is 18.7. The molecule has 164 valence electrons. The van der Waals surface area contributed by atoms with E-state index in [1.807, 2.05) is 55.6 Å². The molecule has 1 aromatic carbocycles. The van der Waals surface area contributed by atoms with Crippen LogP contribution in [0.4, 0.5) is 5.69 Å². The fourth-order valence-corrected chi connectivity index (χ4v) is 4.22. The number of benzene rings is 1. The summed E-state index contributed by atoms with van der Waals surface area (Å²) in [6.45, 7) is 3.98. The second-order valence-electron chi connectivity index (χ2n) is 7.51. The number of hydrogen-bond donors (Lipinski definition) is 1. The third-order valence-electron chi connectivity index (χ3n) is 5.01. The van der Waals surface area contributed by atoms with Crippen LogP contribution >= 0.6 is 11.3 Å². The molecule has 0 radical (unpaired) electrons. The van der Waals surface area contributed by atoms with Gasteiger partial charge in [0, 0.05) is 10.6 Å². The van der Waals surface area contributed by atoms with Gasteiger partial charge in [-0.2, -0.15) is 0 Å². The molecule has 32 heavy (non-hydrogen) atoms. The van der Waals surface area contributed by atoms with E-state index in [1.54, 1.807) is 30.5 Å². The summed E-state index contributed by atoms with van der Waals surface area (Å²) in [5.41, 5.74) is 1.63. The van der Waals surface area contributed by atoms with Crippen LogP contribution in [0, 0.1) is 13.8 Å². The number of anilines is 1. The number of carbonyl (C=O) groups excluding carboxylic acids is 2. The Morgan fingerprint density at radius 3 is 2.59 bits per heavy atom. The van der Waals surface area contributed by atoms with E-state index in [0.717, 1.165) is 10.4 Å². The van der Waals surface area contributed by atoms with Crippen LogP contribution in [0.2, 0.25) is 0 Å². The molecule has 3 heterocycles. The molecular formula is C25H24N2O4S. The van der Waals surface area contributed by atoms with Gasteiger partial charge in [-0.05, 0) is 67.3 Å². The van der Waals surface area contributed by atoms with Crippen molar-refractivity contribution >= 4 is 28.8 Å². The van der Waals surface area contributed by atoms with Crippen LogP contribution in [0.15, 0.2) is 81.1 Å². The lowest BCUT2D eigenvalue weighted by molar-refractivity contribution is -0.127. The highest BCUT2D eigenvalue weighted by atomic mass is 32.1. The minimum absolute atomic E-state index is 0.188. The van der Waals surface area contributed by atoms with Gasteiger partial charge in [0.1, 0.15) is 17.3 Å². The lowest BCUT2D eigenvalue weighted by Crippen LogP contribution is -2.44. The van der Waals surface area contributed by atoms with Crippen molar-refractivity contribution in [2.45, 2.75) is 32.9 Å². The lowest BCUT2D eigenvalue weighted by Gasteiger charge is -2.30. The van der Waals surface area contributed by atoms with E-state index in [9.17, 15) is 9.59 Å². The van der Waals surface area contributed by atoms with Crippen LogP contribution in [0.1, 0.15) is 33.8 Å². The summed E-state index contributed by atoms with van der Waals surface area (Å²) < 4.78 is 11.2. The Morgan fingerprint density at radius 1 is 1.06 bits per heavy atom. The van der Waals surface area contributed by atoms with Gasteiger partial charge in [0.15, 0.2) is 6.04 Å². The molecule has 7 heteroatoms. The molecule has 1 N–H and O–H groups in total. The van der Waals surface area contributed by atoms with Gasteiger partial charge in [-0.1, -0.05) is 18.2 Å². The number of hydrogen-bond acceptors (Lipinski definition) is 5. The first-order valence-corrected chi connectivity index (χ1v) is 11.2. The molecule has 0 aliphatic heterocycles.